The van der Waals surface area contributed by atoms with Gasteiger partial charge in [0.2, 0.25) is 0 Å². The fourth-order valence-electron chi connectivity index (χ4n) is 1.35. The first kappa shape index (κ1) is 14.0. The minimum absolute atomic E-state index is 0.339. The van der Waals surface area contributed by atoms with Gasteiger partial charge < -0.3 is 10.1 Å². The molecular formula is C12H18BrN3O. The summed E-state index contributed by atoms with van der Waals surface area (Å²) in [6.45, 7) is 8.55. The molecule has 0 bridgehead atoms. The molecule has 1 aromatic heterocycles. The number of anilines is 1. The van der Waals surface area contributed by atoms with Gasteiger partial charge in [0.1, 0.15) is 10.3 Å². The quantitative estimate of drug-likeness (QED) is 0.523. The highest BCUT2D eigenvalue weighted by Crippen LogP contribution is 2.27. The highest BCUT2D eigenvalue weighted by Gasteiger charge is 2.05. The van der Waals surface area contributed by atoms with E-state index in [2.05, 4.69) is 45.1 Å². The Kier molecular flexibility index (Phi) is 5.41. The summed E-state index contributed by atoms with van der Waals surface area (Å²) in [7, 11) is 0. The van der Waals surface area contributed by atoms with Crippen molar-refractivity contribution in [3.63, 3.8) is 0 Å². The maximum Gasteiger partial charge on any atom is 0.185 e. The van der Waals surface area contributed by atoms with Gasteiger partial charge in [-0.3, -0.25) is 0 Å². The maximum absolute atomic E-state index is 5.32. The molecule has 5 heteroatoms. The highest BCUT2D eigenvalue weighted by atomic mass is 79.9. The number of aromatic nitrogens is 1. The Hall–Kier alpha value is -1.10. The lowest BCUT2D eigenvalue weighted by molar-refractivity contribution is 0.325. The molecule has 0 amide bonds. The molecule has 1 N–H and O–H groups in total. The van der Waals surface area contributed by atoms with E-state index >= 15 is 0 Å². The van der Waals surface area contributed by atoms with Gasteiger partial charge in [0, 0.05) is 13.0 Å². The van der Waals surface area contributed by atoms with Gasteiger partial charge in [-0.15, -0.1) is 0 Å². The van der Waals surface area contributed by atoms with Gasteiger partial charge in [-0.1, -0.05) is 0 Å². The SMILES string of the molecule is CCO/C(C)=N/c1cnc(Br)cc1NC(C)C. The predicted molar refractivity (Wildman–Crippen MR) is 75.1 cm³/mol. The molecule has 4 nitrogen and oxygen atoms in total. The van der Waals surface area contributed by atoms with Gasteiger partial charge >= 0.3 is 0 Å². The monoisotopic (exact) mass is 299 g/mol. The first-order valence-electron chi connectivity index (χ1n) is 5.63. The molecule has 0 spiro atoms. The molecule has 1 rings (SSSR count). The van der Waals surface area contributed by atoms with Crippen molar-refractivity contribution in [2.45, 2.75) is 33.7 Å². The Labute approximate surface area is 111 Å². The third kappa shape index (κ3) is 4.73. The zero-order valence-electron chi connectivity index (χ0n) is 10.6. The van der Waals surface area contributed by atoms with E-state index in [-0.39, 0.29) is 0 Å². The predicted octanol–water partition coefficient (Wildman–Crippen LogP) is 3.75. The topological polar surface area (TPSA) is 46.5 Å². The van der Waals surface area contributed by atoms with Crippen LogP contribution in [-0.2, 0) is 4.74 Å². The third-order valence-electron chi connectivity index (χ3n) is 1.92. The molecule has 0 aliphatic carbocycles. The van der Waals surface area contributed by atoms with E-state index in [0.717, 1.165) is 16.0 Å². The Morgan fingerprint density at radius 2 is 2.29 bits per heavy atom. The minimum atomic E-state index is 0.339. The normalized spacial score (nSPS) is 11.8. The molecule has 94 valence electrons. The largest absolute Gasteiger partial charge is 0.481 e. The van der Waals surface area contributed by atoms with E-state index in [1.165, 1.54) is 0 Å². The van der Waals surface area contributed by atoms with Gasteiger partial charge in [-0.05, 0) is 42.8 Å². The van der Waals surface area contributed by atoms with Crippen molar-refractivity contribution in [2.75, 3.05) is 11.9 Å². The highest BCUT2D eigenvalue weighted by molar-refractivity contribution is 9.10. The molecule has 0 saturated heterocycles. The number of nitrogens with one attached hydrogen (secondary N) is 1. The van der Waals surface area contributed by atoms with Crippen molar-refractivity contribution in [1.29, 1.82) is 0 Å². The molecule has 0 aliphatic heterocycles. The zero-order valence-corrected chi connectivity index (χ0v) is 12.2. The van der Waals surface area contributed by atoms with Crippen molar-refractivity contribution < 1.29 is 4.74 Å². The lowest BCUT2D eigenvalue weighted by atomic mass is 10.3. The molecule has 0 fully saturated rings. The van der Waals surface area contributed by atoms with E-state index in [9.17, 15) is 0 Å². The summed E-state index contributed by atoms with van der Waals surface area (Å²) in [4.78, 5) is 8.57. The van der Waals surface area contributed by atoms with Crippen LogP contribution in [-0.4, -0.2) is 23.5 Å². The van der Waals surface area contributed by atoms with Gasteiger partial charge in [0.05, 0.1) is 18.5 Å². The van der Waals surface area contributed by atoms with Crippen LogP contribution in [0.2, 0.25) is 0 Å². The molecule has 0 aliphatic rings. The van der Waals surface area contributed by atoms with Crippen molar-refractivity contribution in [1.82, 2.24) is 4.98 Å². The number of aliphatic imine (C=N–C) groups is 1. The van der Waals surface area contributed by atoms with E-state index in [4.69, 9.17) is 4.74 Å². The summed E-state index contributed by atoms with van der Waals surface area (Å²) < 4.78 is 6.10. The van der Waals surface area contributed by atoms with Crippen molar-refractivity contribution in [3.05, 3.63) is 16.9 Å². The van der Waals surface area contributed by atoms with E-state index in [0.29, 0.717) is 18.5 Å². The van der Waals surface area contributed by atoms with Crippen LogP contribution in [0.25, 0.3) is 0 Å². The fourth-order valence-corrected chi connectivity index (χ4v) is 1.68. The maximum atomic E-state index is 5.32. The fraction of sp³-hybridized carbons (Fsp3) is 0.500. The second kappa shape index (κ2) is 6.59. The average Bonchev–Trinajstić information content (AvgIpc) is 2.21. The number of hydrogen-bond acceptors (Lipinski definition) is 4. The zero-order chi connectivity index (χ0) is 12.8. The van der Waals surface area contributed by atoms with Crippen LogP contribution in [0.3, 0.4) is 0 Å². The molecule has 0 atom stereocenters. The molecule has 1 heterocycles. The van der Waals surface area contributed by atoms with Crippen LogP contribution in [0.1, 0.15) is 27.7 Å². The van der Waals surface area contributed by atoms with Crippen LogP contribution in [0.5, 0.6) is 0 Å². The summed E-state index contributed by atoms with van der Waals surface area (Å²) in [6.07, 6.45) is 1.72. The van der Waals surface area contributed by atoms with Crippen LogP contribution in [0.4, 0.5) is 11.4 Å². The molecule has 0 unspecified atom stereocenters. The molecule has 17 heavy (non-hydrogen) atoms. The van der Waals surface area contributed by atoms with Gasteiger partial charge in [-0.25, -0.2) is 9.98 Å². The van der Waals surface area contributed by atoms with Crippen LogP contribution < -0.4 is 5.32 Å². The lowest BCUT2D eigenvalue weighted by Crippen LogP contribution is -2.10. The van der Waals surface area contributed by atoms with Gasteiger partial charge in [-0.2, -0.15) is 0 Å². The van der Waals surface area contributed by atoms with E-state index in [1.807, 2.05) is 19.9 Å². The van der Waals surface area contributed by atoms with Crippen LogP contribution in [0.15, 0.2) is 21.9 Å². The first-order chi connectivity index (χ1) is 8.02. The second-order valence-electron chi connectivity index (χ2n) is 3.89. The molecule has 0 aromatic carbocycles. The Bertz CT molecular complexity index is 405. The molecular weight excluding hydrogens is 282 g/mol. The Balaban J connectivity index is 3.01. The van der Waals surface area contributed by atoms with E-state index in [1.54, 1.807) is 6.20 Å². The van der Waals surface area contributed by atoms with Gasteiger partial charge in [0.25, 0.3) is 0 Å². The standard InChI is InChI=1S/C12H18BrN3O/c1-5-17-9(4)16-11-7-14-12(13)6-10(11)15-8(2)3/h6-8H,5H2,1-4H3,(H,14,15)/b16-9+. The number of nitrogens with zero attached hydrogens (tertiary/aromatic N) is 2. The molecule has 0 radical (unpaired) electrons. The van der Waals surface area contributed by atoms with Crippen LogP contribution in [0, 0.1) is 0 Å². The number of hydrogen-bond donors (Lipinski definition) is 1. The molecule has 1 aromatic rings. The average molecular weight is 300 g/mol. The van der Waals surface area contributed by atoms with E-state index < -0.39 is 0 Å². The third-order valence-corrected chi connectivity index (χ3v) is 2.36. The summed E-state index contributed by atoms with van der Waals surface area (Å²) in [5.74, 6) is 0.642. The minimum Gasteiger partial charge on any atom is -0.481 e. The summed E-state index contributed by atoms with van der Waals surface area (Å²) in [6, 6.07) is 2.25. The summed E-state index contributed by atoms with van der Waals surface area (Å²) >= 11 is 3.35. The second-order valence-corrected chi connectivity index (χ2v) is 4.70. The number of ether oxygens (including phenoxy) is 1. The lowest BCUT2D eigenvalue weighted by Gasteiger charge is -2.13. The Morgan fingerprint density at radius 3 is 2.88 bits per heavy atom. The first-order valence-corrected chi connectivity index (χ1v) is 6.42. The summed E-state index contributed by atoms with van der Waals surface area (Å²) in [5.41, 5.74) is 1.73. The van der Waals surface area contributed by atoms with Crippen LogP contribution >= 0.6 is 15.9 Å². The number of rotatable bonds is 4. The number of pyridine rings is 1. The van der Waals surface area contributed by atoms with Gasteiger partial charge in [0.15, 0.2) is 5.90 Å². The smallest absolute Gasteiger partial charge is 0.185 e. The Morgan fingerprint density at radius 1 is 1.59 bits per heavy atom. The number of halogens is 1. The van der Waals surface area contributed by atoms with Crippen molar-refractivity contribution >= 4 is 33.2 Å². The van der Waals surface area contributed by atoms with Crippen molar-refractivity contribution in [3.8, 4) is 0 Å². The van der Waals surface area contributed by atoms with Crippen molar-refractivity contribution in [2.24, 2.45) is 4.99 Å². The summed E-state index contributed by atoms with van der Waals surface area (Å²) in [5, 5.41) is 3.33. The molecule has 0 saturated carbocycles.